The maximum Gasteiger partial charge on any atom is 0.312 e. The van der Waals surface area contributed by atoms with Gasteiger partial charge in [0.05, 0.1) is 18.6 Å². The van der Waals surface area contributed by atoms with Crippen molar-refractivity contribution in [2.24, 2.45) is 11.8 Å². The Hall–Kier alpha value is -2.97. The number of benzene rings is 1. The number of esters is 1. The van der Waals surface area contributed by atoms with E-state index in [1.807, 2.05) is 54.6 Å². The van der Waals surface area contributed by atoms with E-state index in [0.29, 0.717) is 25.9 Å². The van der Waals surface area contributed by atoms with Gasteiger partial charge in [-0.05, 0) is 18.4 Å². The highest BCUT2D eigenvalue weighted by Crippen LogP contribution is 2.53. The number of cyclic esters (lactones) is 1. The summed E-state index contributed by atoms with van der Waals surface area (Å²) in [7, 11) is 0. The average Bonchev–Trinajstić information content (AvgIpc) is 3.19. The Bertz CT molecular complexity index is 992. The van der Waals surface area contributed by atoms with Crippen LogP contribution in [0.4, 0.5) is 0 Å². The molecule has 1 aromatic carbocycles. The van der Waals surface area contributed by atoms with Gasteiger partial charge >= 0.3 is 5.97 Å². The van der Waals surface area contributed by atoms with Crippen LogP contribution in [0.3, 0.4) is 0 Å². The first-order valence-corrected chi connectivity index (χ1v) is 11.5. The van der Waals surface area contributed by atoms with E-state index in [9.17, 15) is 19.5 Å². The Kier molecular flexibility index (Phi) is 5.80. The first-order chi connectivity index (χ1) is 16.1. The summed E-state index contributed by atoms with van der Waals surface area (Å²) in [6, 6.07) is 8.78. The van der Waals surface area contributed by atoms with Crippen LogP contribution in [0.15, 0.2) is 54.6 Å². The van der Waals surface area contributed by atoms with Crippen LogP contribution in [0.25, 0.3) is 0 Å². The van der Waals surface area contributed by atoms with Crippen LogP contribution in [0.2, 0.25) is 0 Å². The predicted molar refractivity (Wildman–Crippen MR) is 118 cm³/mol. The van der Waals surface area contributed by atoms with E-state index in [1.54, 1.807) is 4.90 Å². The quantitative estimate of drug-likeness (QED) is 0.530. The summed E-state index contributed by atoms with van der Waals surface area (Å²) in [5.41, 5.74) is -0.267. The zero-order chi connectivity index (χ0) is 23.0. The third-order valence-corrected chi connectivity index (χ3v) is 6.98. The molecule has 5 rings (SSSR count). The molecule has 4 aliphatic rings. The standard InChI is InChI=1S/C25H28N2O6/c28-14-7-13-27-21-23(30)26(16-17-8-2-1-3-9-17)12-6-11-25(21)20(22(27)29)19-18(33-25)10-4-5-15-32-24(19)31/h1-4,6,8-11,18-21,28H,5,7,12-16H2/t18-,19+,20-,21?,25-/m0/s1. The molecule has 2 fully saturated rings. The first kappa shape index (κ1) is 21.9. The lowest BCUT2D eigenvalue weighted by atomic mass is 9.77. The largest absolute Gasteiger partial charge is 0.465 e. The summed E-state index contributed by atoms with van der Waals surface area (Å²) in [6.45, 7) is 1.13. The van der Waals surface area contributed by atoms with Crippen molar-refractivity contribution < 1.29 is 29.0 Å². The molecule has 174 valence electrons. The number of nitrogens with zero attached hydrogens (tertiary/aromatic N) is 2. The smallest absolute Gasteiger partial charge is 0.312 e. The van der Waals surface area contributed by atoms with Gasteiger partial charge in [0.25, 0.3) is 0 Å². The summed E-state index contributed by atoms with van der Waals surface area (Å²) < 4.78 is 11.9. The van der Waals surface area contributed by atoms with Crippen molar-refractivity contribution in [3.8, 4) is 0 Å². The van der Waals surface area contributed by atoms with Gasteiger partial charge in [0.2, 0.25) is 11.8 Å². The van der Waals surface area contributed by atoms with E-state index < -0.39 is 35.6 Å². The number of aliphatic hydroxyl groups excluding tert-OH is 1. The molecule has 8 nitrogen and oxygen atoms in total. The lowest BCUT2D eigenvalue weighted by molar-refractivity contribution is -0.155. The second-order valence-corrected chi connectivity index (χ2v) is 8.94. The maximum atomic E-state index is 13.9. The van der Waals surface area contributed by atoms with Crippen LogP contribution >= 0.6 is 0 Å². The molecule has 1 spiro atoms. The van der Waals surface area contributed by atoms with Crippen LogP contribution in [0.1, 0.15) is 18.4 Å². The van der Waals surface area contributed by atoms with Gasteiger partial charge in [0.15, 0.2) is 0 Å². The fourth-order valence-corrected chi connectivity index (χ4v) is 5.58. The second kappa shape index (κ2) is 8.76. The van der Waals surface area contributed by atoms with Crippen molar-refractivity contribution in [1.82, 2.24) is 9.80 Å². The number of hydrogen-bond donors (Lipinski definition) is 1. The average molecular weight is 453 g/mol. The highest BCUT2D eigenvalue weighted by molar-refractivity contribution is 5.99. The summed E-state index contributed by atoms with van der Waals surface area (Å²) in [5.74, 6) is -2.64. The Balaban J connectivity index is 1.55. The second-order valence-electron chi connectivity index (χ2n) is 8.94. The Morgan fingerprint density at radius 2 is 1.91 bits per heavy atom. The Morgan fingerprint density at radius 1 is 1.09 bits per heavy atom. The number of likely N-dealkylation sites (tertiary alicyclic amines) is 1. The van der Waals surface area contributed by atoms with Crippen molar-refractivity contribution in [1.29, 1.82) is 0 Å². The molecule has 4 heterocycles. The molecule has 2 amide bonds. The molecular weight excluding hydrogens is 424 g/mol. The number of carbonyl (C=O) groups excluding carboxylic acids is 3. The molecule has 0 aromatic heterocycles. The minimum absolute atomic E-state index is 0.108. The van der Waals surface area contributed by atoms with E-state index >= 15 is 0 Å². The van der Waals surface area contributed by atoms with Crippen LogP contribution < -0.4 is 0 Å². The number of amides is 2. The molecule has 2 saturated heterocycles. The van der Waals surface area contributed by atoms with Gasteiger partial charge in [-0.2, -0.15) is 0 Å². The number of rotatable bonds is 5. The Morgan fingerprint density at radius 3 is 2.70 bits per heavy atom. The first-order valence-electron chi connectivity index (χ1n) is 11.5. The van der Waals surface area contributed by atoms with E-state index in [2.05, 4.69) is 0 Å². The SMILES string of the molecule is O=C1OCCC=C[C@@H]2O[C@]34C=CCN(Cc5ccccc5)C(=O)C3N(CCCO)C(=O)[C@@H]4[C@H]12. The van der Waals surface area contributed by atoms with E-state index in [-0.39, 0.29) is 31.6 Å². The third kappa shape index (κ3) is 3.57. The summed E-state index contributed by atoms with van der Waals surface area (Å²) >= 11 is 0. The fraction of sp³-hybridized carbons (Fsp3) is 0.480. The lowest BCUT2D eigenvalue weighted by Gasteiger charge is -2.35. The van der Waals surface area contributed by atoms with E-state index in [0.717, 1.165) is 5.56 Å². The Labute approximate surface area is 192 Å². The van der Waals surface area contributed by atoms with Crippen molar-refractivity contribution in [3.63, 3.8) is 0 Å². The molecule has 0 aliphatic carbocycles. The molecule has 1 aromatic rings. The van der Waals surface area contributed by atoms with Crippen molar-refractivity contribution >= 4 is 17.8 Å². The van der Waals surface area contributed by atoms with Gasteiger partial charge < -0.3 is 24.4 Å². The van der Waals surface area contributed by atoms with Crippen LogP contribution in [-0.2, 0) is 30.4 Å². The monoisotopic (exact) mass is 452 g/mol. The van der Waals surface area contributed by atoms with Crippen LogP contribution in [0, 0.1) is 11.8 Å². The fourth-order valence-electron chi connectivity index (χ4n) is 5.58. The normalized spacial score (nSPS) is 33.2. The highest BCUT2D eigenvalue weighted by atomic mass is 16.6. The number of hydrogen-bond acceptors (Lipinski definition) is 6. The minimum atomic E-state index is -1.25. The maximum absolute atomic E-state index is 13.9. The van der Waals surface area contributed by atoms with Gasteiger partial charge in [-0.15, -0.1) is 0 Å². The molecular formula is C25H28N2O6. The summed E-state index contributed by atoms with van der Waals surface area (Å²) in [6.07, 6.45) is 7.68. The van der Waals surface area contributed by atoms with Crippen molar-refractivity contribution in [2.75, 3.05) is 26.3 Å². The topological polar surface area (TPSA) is 96.4 Å². The third-order valence-electron chi connectivity index (χ3n) is 6.98. The van der Waals surface area contributed by atoms with Crippen LogP contribution in [-0.4, -0.2) is 76.7 Å². The molecule has 1 N–H and O–H groups in total. The predicted octanol–water partition coefficient (Wildman–Crippen LogP) is 1.05. The van der Waals surface area contributed by atoms with Crippen LogP contribution in [0.5, 0.6) is 0 Å². The van der Waals surface area contributed by atoms with E-state index in [1.165, 1.54) is 4.90 Å². The lowest BCUT2D eigenvalue weighted by Crippen LogP contribution is -2.55. The molecule has 0 saturated carbocycles. The van der Waals surface area contributed by atoms with E-state index in [4.69, 9.17) is 9.47 Å². The summed E-state index contributed by atoms with van der Waals surface area (Å²) in [5, 5.41) is 9.41. The van der Waals surface area contributed by atoms with Gasteiger partial charge in [-0.3, -0.25) is 14.4 Å². The molecule has 33 heavy (non-hydrogen) atoms. The number of fused-ring (bicyclic) bond motifs is 2. The van der Waals surface area contributed by atoms with Crippen molar-refractivity contribution in [2.45, 2.75) is 37.1 Å². The summed E-state index contributed by atoms with van der Waals surface area (Å²) in [4.78, 5) is 43.8. The molecule has 0 bridgehead atoms. The zero-order valence-corrected chi connectivity index (χ0v) is 18.3. The van der Waals surface area contributed by atoms with Gasteiger partial charge in [0.1, 0.15) is 17.6 Å². The molecule has 0 radical (unpaired) electrons. The van der Waals surface area contributed by atoms with Crippen molar-refractivity contribution in [3.05, 3.63) is 60.2 Å². The van der Waals surface area contributed by atoms with Gasteiger partial charge in [-0.1, -0.05) is 54.6 Å². The molecule has 1 unspecified atom stereocenters. The highest BCUT2D eigenvalue weighted by Gasteiger charge is 2.71. The van der Waals surface area contributed by atoms with Gasteiger partial charge in [0, 0.05) is 26.2 Å². The minimum Gasteiger partial charge on any atom is -0.465 e. The molecule has 5 atom stereocenters. The molecule has 8 heteroatoms. The zero-order valence-electron chi connectivity index (χ0n) is 18.3. The molecule has 4 aliphatic heterocycles. The number of aliphatic hydroxyl groups is 1. The van der Waals surface area contributed by atoms with Gasteiger partial charge in [-0.25, -0.2) is 0 Å². The number of ether oxygens (including phenoxy) is 2. The number of carbonyl (C=O) groups is 3.